The van der Waals surface area contributed by atoms with E-state index >= 15 is 0 Å². The Balaban J connectivity index is 1.42. The first kappa shape index (κ1) is 17.4. The van der Waals surface area contributed by atoms with E-state index in [0.717, 1.165) is 31.2 Å². The van der Waals surface area contributed by atoms with Crippen molar-refractivity contribution in [3.05, 3.63) is 39.7 Å². The van der Waals surface area contributed by atoms with Crippen LogP contribution in [0.5, 0.6) is 0 Å². The average molecular weight is 389 g/mol. The lowest BCUT2D eigenvalue weighted by Gasteiger charge is -2.30. The molecule has 0 saturated carbocycles. The Morgan fingerprint density at radius 1 is 1.54 bits per heavy atom. The predicted molar refractivity (Wildman–Crippen MR) is 105 cm³/mol. The van der Waals surface area contributed by atoms with Gasteiger partial charge in [0.2, 0.25) is 0 Å². The second-order valence-corrected chi connectivity index (χ2v) is 8.03. The normalized spacial score (nSPS) is 18.3. The monoisotopic (exact) mass is 388 g/mol. The number of fused-ring (bicyclic) bond motifs is 1. The molecule has 1 aromatic carbocycles. The summed E-state index contributed by atoms with van der Waals surface area (Å²) in [7, 11) is 0. The SMILES string of the molecule is C[C@H]1CCCN(Cc2csc(NC(=O)c3ccc4oc(=S)[nH]c4c3)n2)C1. The largest absolute Gasteiger partial charge is 0.429 e. The number of aromatic amines is 1. The van der Waals surface area contributed by atoms with Crippen LogP contribution in [0.2, 0.25) is 0 Å². The number of hydrogen-bond acceptors (Lipinski definition) is 6. The standard InChI is InChI=1S/C18H20N4O2S2/c1-11-3-2-6-22(8-11)9-13-10-26-17(19-13)21-16(23)12-4-5-15-14(7-12)20-18(25)24-15/h4-5,7,10-11H,2-3,6,8-9H2,1H3,(H,20,25)(H,19,21,23)/t11-/m0/s1. The van der Waals surface area contributed by atoms with Gasteiger partial charge in [-0.25, -0.2) is 4.98 Å². The number of thiazole rings is 1. The van der Waals surface area contributed by atoms with Gasteiger partial charge in [-0.2, -0.15) is 0 Å². The van der Waals surface area contributed by atoms with Gasteiger partial charge < -0.3 is 9.40 Å². The molecule has 136 valence electrons. The van der Waals surface area contributed by atoms with Gasteiger partial charge in [0.25, 0.3) is 10.7 Å². The van der Waals surface area contributed by atoms with Crippen molar-refractivity contribution in [3.63, 3.8) is 0 Å². The maximum absolute atomic E-state index is 12.5. The summed E-state index contributed by atoms with van der Waals surface area (Å²) in [6.45, 7) is 5.37. The van der Waals surface area contributed by atoms with Crippen LogP contribution in [0.4, 0.5) is 5.13 Å². The van der Waals surface area contributed by atoms with Crippen LogP contribution >= 0.6 is 23.6 Å². The molecule has 3 aromatic rings. The van der Waals surface area contributed by atoms with Crippen molar-refractivity contribution in [1.82, 2.24) is 14.9 Å². The fourth-order valence-corrected chi connectivity index (χ4v) is 4.26. The number of carbonyl (C=O) groups excluding carboxylic acids is 1. The Kier molecular flexibility index (Phi) is 4.88. The van der Waals surface area contributed by atoms with E-state index in [1.54, 1.807) is 18.2 Å². The van der Waals surface area contributed by atoms with E-state index in [4.69, 9.17) is 16.6 Å². The summed E-state index contributed by atoms with van der Waals surface area (Å²) in [4.78, 5) is 22.7. The van der Waals surface area contributed by atoms with Gasteiger partial charge in [-0.3, -0.25) is 15.0 Å². The number of H-pyrrole nitrogens is 1. The number of nitrogens with zero attached hydrogens (tertiary/aromatic N) is 2. The summed E-state index contributed by atoms with van der Waals surface area (Å²) in [5.41, 5.74) is 2.89. The summed E-state index contributed by atoms with van der Waals surface area (Å²) >= 11 is 6.43. The minimum Gasteiger partial charge on any atom is -0.429 e. The number of nitrogens with one attached hydrogen (secondary N) is 2. The molecule has 0 unspecified atom stereocenters. The first-order chi connectivity index (χ1) is 12.6. The maximum Gasteiger partial charge on any atom is 0.266 e. The molecule has 26 heavy (non-hydrogen) atoms. The molecule has 1 fully saturated rings. The Morgan fingerprint density at radius 3 is 3.27 bits per heavy atom. The number of piperidine rings is 1. The molecule has 1 aliphatic heterocycles. The molecule has 3 heterocycles. The molecule has 0 aliphatic carbocycles. The molecular weight excluding hydrogens is 368 g/mol. The number of likely N-dealkylation sites (tertiary alicyclic amines) is 1. The minimum absolute atomic E-state index is 0.195. The fraction of sp³-hybridized carbons (Fsp3) is 0.389. The smallest absolute Gasteiger partial charge is 0.266 e. The molecule has 0 spiro atoms. The molecule has 0 radical (unpaired) electrons. The van der Waals surface area contributed by atoms with Gasteiger partial charge in [-0.15, -0.1) is 11.3 Å². The van der Waals surface area contributed by atoms with Gasteiger partial charge in [0, 0.05) is 24.0 Å². The molecule has 2 N–H and O–H groups in total. The first-order valence-electron chi connectivity index (χ1n) is 8.68. The van der Waals surface area contributed by atoms with Gasteiger partial charge in [-0.05, 0) is 55.7 Å². The number of hydrogen-bond donors (Lipinski definition) is 2. The van der Waals surface area contributed by atoms with Crippen molar-refractivity contribution in [2.75, 3.05) is 18.4 Å². The molecule has 1 amide bonds. The van der Waals surface area contributed by atoms with Gasteiger partial charge in [-0.1, -0.05) is 6.92 Å². The number of anilines is 1. The van der Waals surface area contributed by atoms with E-state index in [1.165, 1.54) is 24.2 Å². The fourth-order valence-electron chi connectivity index (χ4n) is 3.36. The third-order valence-corrected chi connectivity index (χ3v) is 5.57. The summed E-state index contributed by atoms with van der Waals surface area (Å²) in [6.07, 6.45) is 2.55. The van der Waals surface area contributed by atoms with Gasteiger partial charge in [0.1, 0.15) is 0 Å². The molecule has 8 heteroatoms. The summed E-state index contributed by atoms with van der Waals surface area (Å²) in [6, 6.07) is 5.18. The number of carbonyl (C=O) groups is 1. The molecule has 2 aromatic heterocycles. The molecule has 4 rings (SSSR count). The zero-order chi connectivity index (χ0) is 18.1. The van der Waals surface area contributed by atoms with Crippen molar-refractivity contribution in [1.29, 1.82) is 0 Å². The van der Waals surface area contributed by atoms with Crippen molar-refractivity contribution < 1.29 is 9.21 Å². The van der Waals surface area contributed by atoms with Crippen molar-refractivity contribution in [2.24, 2.45) is 5.92 Å². The number of amides is 1. The lowest BCUT2D eigenvalue weighted by molar-refractivity contribution is 0.102. The highest BCUT2D eigenvalue weighted by molar-refractivity contribution is 7.71. The van der Waals surface area contributed by atoms with Crippen molar-refractivity contribution in [3.8, 4) is 0 Å². The highest BCUT2D eigenvalue weighted by Gasteiger charge is 2.18. The molecule has 0 bridgehead atoms. The Hall–Kier alpha value is -2.03. The average Bonchev–Trinajstić information content (AvgIpc) is 3.19. The van der Waals surface area contributed by atoms with E-state index in [9.17, 15) is 4.79 Å². The zero-order valence-electron chi connectivity index (χ0n) is 14.4. The zero-order valence-corrected chi connectivity index (χ0v) is 16.1. The van der Waals surface area contributed by atoms with Crippen LogP contribution in [0, 0.1) is 10.8 Å². The van der Waals surface area contributed by atoms with Crippen LogP contribution in [0.1, 0.15) is 35.8 Å². The Morgan fingerprint density at radius 2 is 2.42 bits per heavy atom. The highest BCUT2D eigenvalue weighted by Crippen LogP contribution is 2.22. The van der Waals surface area contributed by atoms with Crippen molar-refractivity contribution >= 4 is 45.7 Å². The number of aromatic nitrogens is 2. The minimum atomic E-state index is -0.195. The van der Waals surface area contributed by atoms with Crippen LogP contribution in [0.3, 0.4) is 0 Å². The number of oxazole rings is 1. The highest BCUT2D eigenvalue weighted by atomic mass is 32.1. The second kappa shape index (κ2) is 7.30. The third kappa shape index (κ3) is 3.87. The van der Waals surface area contributed by atoms with E-state index in [2.05, 4.69) is 27.1 Å². The summed E-state index contributed by atoms with van der Waals surface area (Å²) < 4.78 is 5.32. The topological polar surface area (TPSA) is 74.2 Å². The van der Waals surface area contributed by atoms with E-state index in [-0.39, 0.29) is 5.91 Å². The van der Waals surface area contributed by atoms with E-state index in [1.807, 2.05) is 5.38 Å². The summed E-state index contributed by atoms with van der Waals surface area (Å²) in [5, 5.41) is 5.52. The quantitative estimate of drug-likeness (QED) is 0.647. The molecule has 1 saturated heterocycles. The van der Waals surface area contributed by atoms with E-state index < -0.39 is 0 Å². The van der Waals surface area contributed by atoms with Crippen LogP contribution in [-0.2, 0) is 6.54 Å². The molecule has 1 atom stereocenters. The van der Waals surface area contributed by atoms with Gasteiger partial charge in [0.15, 0.2) is 10.7 Å². The van der Waals surface area contributed by atoms with Crippen LogP contribution in [0.15, 0.2) is 28.0 Å². The Bertz CT molecular complexity index is 990. The van der Waals surface area contributed by atoms with E-state index in [0.29, 0.717) is 26.6 Å². The van der Waals surface area contributed by atoms with Crippen LogP contribution in [-0.4, -0.2) is 33.9 Å². The first-order valence-corrected chi connectivity index (χ1v) is 9.96. The third-order valence-electron chi connectivity index (χ3n) is 4.58. The van der Waals surface area contributed by atoms with Crippen molar-refractivity contribution in [2.45, 2.75) is 26.3 Å². The lowest BCUT2D eigenvalue weighted by Crippen LogP contribution is -2.33. The summed E-state index contributed by atoms with van der Waals surface area (Å²) in [5.74, 6) is 0.548. The van der Waals surface area contributed by atoms with Crippen LogP contribution < -0.4 is 5.32 Å². The Labute approximate surface area is 160 Å². The molecule has 1 aliphatic rings. The number of benzene rings is 1. The maximum atomic E-state index is 12.5. The molecular formula is C18H20N4O2S2. The second-order valence-electron chi connectivity index (χ2n) is 6.81. The molecule has 6 nitrogen and oxygen atoms in total. The number of rotatable bonds is 4. The van der Waals surface area contributed by atoms with Gasteiger partial charge in [0.05, 0.1) is 11.2 Å². The van der Waals surface area contributed by atoms with Crippen LogP contribution in [0.25, 0.3) is 11.1 Å². The van der Waals surface area contributed by atoms with Gasteiger partial charge >= 0.3 is 0 Å². The lowest BCUT2D eigenvalue weighted by atomic mass is 10.0. The predicted octanol–water partition coefficient (Wildman–Crippen LogP) is 4.43.